The van der Waals surface area contributed by atoms with E-state index in [1.807, 2.05) is 26.0 Å². The topological polar surface area (TPSA) is 72.7 Å². The first kappa shape index (κ1) is 18.7. The Bertz CT molecular complexity index is 940. The van der Waals surface area contributed by atoms with Crippen LogP contribution in [0.1, 0.15) is 11.1 Å². The number of thioether (sulfide) groups is 1. The highest BCUT2D eigenvalue weighted by atomic mass is 35.5. The summed E-state index contributed by atoms with van der Waals surface area (Å²) >= 11 is 13.2. The minimum absolute atomic E-state index is 0.143. The predicted molar refractivity (Wildman–Crippen MR) is 104 cm³/mol. The van der Waals surface area contributed by atoms with E-state index >= 15 is 0 Å². The van der Waals surface area contributed by atoms with Gasteiger partial charge in [-0.3, -0.25) is 4.79 Å². The summed E-state index contributed by atoms with van der Waals surface area (Å²) in [6.45, 7) is 4.02. The number of carbonyl (C=O) groups is 1. The standard InChI is InChI=1S/C17H15Cl2N5OS/c1-10-5-11(2)7-13(6-10)24-17(21-22-23-24)26-9-16(25)20-15-4-3-12(18)8-14(15)19/h3-8H,9H2,1-2H3,(H,20,25). The van der Waals surface area contributed by atoms with Gasteiger partial charge in [-0.25, -0.2) is 0 Å². The lowest BCUT2D eigenvalue weighted by atomic mass is 10.1. The van der Waals surface area contributed by atoms with E-state index in [0.29, 0.717) is 20.9 Å². The summed E-state index contributed by atoms with van der Waals surface area (Å²) in [7, 11) is 0. The van der Waals surface area contributed by atoms with Gasteiger partial charge in [0.05, 0.1) is 22.2 Å². The molecule has 3 aromatic rings. The Morgan fingerprint density at radius 1 is 1.15 bits per heavy atom. The highest BCUT2D eigenvalue weighted by Crippen LogP contribution is 2.26. The van der Waals surface area contributed by atoms with Crippen LogP contribution in [0.4, 0.5) is 5.69 Å². The van der Waals surface area contributed by atoms with Crippen molar-refractivity contribution >= 4 is 46.6 Å². The normalized spacial score (nSPS) is 10.8. The van der Waals surface area contributed by atoms with Crippen LogP contribution in [0, 0.1) is 13.8 Å². The van der Waals surface area contributed by atoms with Gasteiger partial charge in [-0.2, -0.15) is 4.68 Å². The van der Waals surface area contributed by atoms with Crippen LogP contribution < -0.4 is 5.32 Å². The van der Waals surface area contributed by atoms with Gasteiger partial charge in [0.25, 0.3) is 0 Å². The highest BCUT2D eigenvalue weighted by Gasteiger charge is 2.13. The van der Waals surface area contributed by atoms with E-state index in [-0.39, 0.29) is 11.7 Å². The zero-order valence-electron chi connectivity index (χ0n) is 14.0. The number of tetrazole rings is 1. The minimum Gasteiger partial charge on any atom is -0.324 e. The van der Waals surface area contributed by atoms with Gasteiger partial charge < -0.3 is 5.32 Å². The number of hydrogen-bond donors (Lipinski definition) is 1. The maximum Gasteiger partial charge on any atom is 0.234 e. The molecule has 0 aliphatic carbocycles. The summed E-state index contributed by atoms with van der Waals surface area (Å²) in [4.78, 5) is 12.2. The maximum atomic E-state index is 12.2. The number of nitrogens with zero attached hydrogens (tertiary/aromatic N) is 4. The monoisotopic (exact) mass is 407 g/mol. The third-order valence-corrected chi connectivity index (χ3v) is 4.90. The summed E-state index contributed by atoms with van der Waals surface area (Å²) < 4.78 is 1.62. The van der Waals surface area contributed by atoms with Crippen LogP contribution >= 0.6 is 35.0 Å². The van der Waals surface area contributed by atoms with E-state index in [9.17, 15) is 4.79 Å². The quantitative estimate of drug-likeness (QED) is 0.637. The molecule has 0 atom stereocenters. The van der Waals surface area contributed by atoms with Gasteiger partial charge in [0.15, 0.2) is 0 Å². The van der Waals surface area contributed by atoms with E-state index in [0.717, 1.165) is 16.8 Å². The number of carbonyl (C=O) groups excluding carboxylic acids is 1. The number of benzene rings is 2. The first-order valence-corrected chi connectivity index (χ1v) is 9.41. The summed E-state index contributed by atoms with van der Waals surface area (Å²) in [5.41, 5.74) is 3.59. The first-order valence-electron chi connectivity index (χ1n) is 7.67. The number of anilines is 1. The lowest BCUT2D eigenvalue weighted by molar-refractivity contribution is -0.113. The van der Waals surface area contributed by atoms with Crippen LogP contribution in [-0.4, -0.2) is 31.9 Å². The molecule has 1 heterocycles. The molecule has 0 unspecified atom stereocenters. The van der Waals surface area contributed by atoms with Gasteiger partial charge in [0, 0.05) is 5.02 Å². The van der Waals surface area contributed by atoms with Crippen molar-refractivity contribution < 1.29 is 4.79 Å². The van der Waals surface area contributed by atoms with Gasteiger partial charge in [-0.05, 0) is 65.7 Å². The summed E-state index contributed by atoms with van der Waals surface area (Å²) in [6, 6.07) is 10.9. The summed E-state index contributed by atoms with van der Waals surface area (Å²) in [6.07, 6.45) is 0. The molecule has 1 N–H and O–H groups in total. The van der Waals surface area contributed by atoms with Crippen LogP contribution in [0.25, 0.3) is 5.69 Å². The van der Waals surface area contributed by atoms with Gasteiger partial charge >= 0.3 is 0 Å². The third kappa shape index (κ3) is 4.55. The molecule has 1 amide bonds. The molecule has 0 saturated carbocycles. The number of aromatic nitrogens is 4. The Hall–Kier alpha value is -2.09. The number of aryl methyl sites for hydroxylation is 2. The average Bonchev–Trinajstić information content (AvgIpc) is 3.03. The van der Waals surface area contributed by atoms with Gasteiger partial charge in [0.1, 0.15) is 0 Å². The first-order chi connectivity index (χ1) is 12.4. The molecule has 0 saturated heterocycles. The van der Waals surface area contributed by atoms with Crippen molar-refractivity contribution in [2.75, 3.05) is 11.1 Å². The van der Waals surface area contributed by atoms with Crippen molar-refractivity contribution in [1.82, 2.24) is 20.2 Å². The van der Waals surface area contributed by atoms with Crippen molar-refractivity contribution in [1.29, 1.82) is 0 Å². The molecule has 134 valence electrons. The fraction of sp³-hybridized carbons (Fsp3) is 0.176. The smallest absolute Gasteiger partial charge is 0.234 e. The molecule has 0 fully saturated rings. The van der Waals surface area contributed by atoms with Crippen molar-refractivity contribution in [3.8, 4) is 5.69 Å². The molecule has 3 rings (SSSR count). The second-order valence-corrected chi connectivity index (χ2v) is 7.47. The Kier molecular flexibility index (Phi) is 5.80. The van der Waals surface area contributed by atoms with Crippen LogP contribution in [-0.2, 0) is 4.79 Å². The largest absolute Gasteiger partial charge is 0.324 e. The van der Waals surface area contributed by atoms with E-state index in [2.05, 4.69) is 26.9 Å². The molecule has 0 spiro atoms. The Morgan fingerprint density at radius 3 is 2.58 bits per heavy atom. The van der Waals surface area contributed by atoms with Crippen LogP contribution in [0.2, 0.25) is 10.0 Å². The van der Waals surface area contributed by atoms with E-state index < -0.39 is 0 Å². The molecule has 9 heteroatoms. The van der Waals surface area contributed by atoms with E-state index in [1.54, 1.807) is 22.9 Å². The zero-order valence-corrected chi connectivity index (χ0v) is 16.4. The van der Waals surface area contributed by atoms with E-state index in [4.69, 9.17) is 23.2 Å². The number of hydrogen-bond acceptors (Lipinski definition) is 5. The van der Waals surface area contributed by atoms with Gasteiger partial charge in [-0.1, -0.05) is 41.0 Å². The number of rotatable bonds is 5. The molecular weight excluding hydrogens is 393 g/mol. The zero-order chi connectivity index (χ0) is 18.7. The SMILES string of the molecule is Cc1cc(C)cc(-n2nnnc2SCC(=O)Nc2ccc(Cl)cc2Cl)c1. The van der Waals surface area contributed by atoms with Crippen molar-refractivity contribution in [2.24, 2.45) is 0 Å². The third-order valence-electron chi connectivity index (χ3n) is 3.43. The predicted octanol–water partition coefficient (Wildman–Crippen LogP) is 4.32. The van der Waals surface area contributed by atoms with Crippen molar-refractivity contribution in [3.63, 3.8) is 0 Å². The molecule has 1 aromatic heterocycles. The second kappa shape index (κ2) is 8.07. The minimum atomic E-state index is -0.214. The number of halogens is 2. The molecular formula is C17H15Cl2N5OS. The number of amides is 1. The maximum absolute atomic E-state index is 12.2. The summed E-state index contributed by atoms with van der Waals surface area (Å²) in [5.74, 6) is -0.0707. The van der Waals surface area contributed by atoms with E-state index in [1.165, 1.54) is 11.8 Å². The second-order valence-electron chi connectivity index (χ2n) is 5.68. The van der Waals surface area contributed by atoms with Crippen molar-refractivity contribution in [2.45, 2.75) is 19.0 Å². The molecule has 0 aliphatic rings. The number of nitrogens with one attached hydrogen (secondary N) is 1. The lowest BCUT2D eigenvalue weighted by Gasteiger charge is -2.08. The van der Waals surface area contributed by atoms with Crippen LogP contribution in [0.15, 0.2) is 41.6 Å². The van der Waals surface area contributed by atoms with Gasteiger partial charge in [-0.15, -0.1) is 5.10 Å². The van der Waals surface area contributed by atoms with Crippen molar-refractivity contribution in [3.05, 3.63) is 57.6 Å². The molecule has 0 bridgehead atoms. The molecule has 26 heavy (non-hydrogen) atoms. The molecule has 0 aliphatic heterocycles. The lowest BCUT2D eigenvalue weighted by Crippen LogP contribution is -2.15. The molecule has 0 radical (unpaired) electrons. The van der Waals surface area contributed by atoms with Crippen LogP contribution in [0.3, 0.4) is 0 Å². The fourth-order valence-electron chi connectivity index (χ4n) is 2.41. The van der Waals surface area contributed by atoms with Gasteiger partial charge in [0.2, 0.25) is 11.1 Å². The summed E-state index contributed by atoms with van der Waals surface area (Å²) in [5, 5.41) is 15.9. The highest BCUT2D eigenvalue weighted by molar-refractivity contribution is 7.99. The Labute approximate surface area is 164 Å². The average molecular weight is 408 g/mol. The Morgan fingerprint density at radius 2 is 1.88 bits per heavy atom. The molecule has 6 nitrogen and oxygen atoms in total. The fourth-order valence-corrected chi connectivity index (χ4v) is 3.56. The van der Waals surface area contributed by atoms with Crippen LogP contribution in [0.5, 0.6) is 0 Å². The molecule has 2 aromatic carbocycles. The Balaban J connectivity index is 1.69.